The molecule has 0 heterocycles. The fourth-order valence-electron chi connectivity index (χ4n) is 2.71. The number of urea groups is 1. The minimum Gasteiger partial charge on any atom is -0.481 e. The van der Waals surface area contributed by atoms with E-state index in [9.17, 15) is 9.59 Å². The topological polar surface area (TPSA) is 79.5 Å². The minimum absolute atomic E-state index is 0.130. The molecule has 3 amide bonds. The van der Waals surface area contributed by atoms with Crippen molar-refractivity contribution in [2.75, 3.05) is 18.5 Å². The summed E-state index contributed by atoms with van der Waals surface area (Å²) in [6.45, 7) is 1.96. The second kappa shape index (κ2) is 10.2. The lowest BCUT2D eigenvalue weighted by Crippen LogP contribution is -2.42. The van der Waals surface area contributed by atoms with Gasteiger partial charge in [0.05, 0.1) is 6.54 Å². The SMILES string of the molecule is CC(=O)Nc1cccc(OCC#CCNC(=O)NC2CCCCC2)c1. The molecule has 1 aliphatic rings. The van der Waals surface area contributed by atoms with E-state index in [1.165, 1.54) is 26.2 Å². The van der Waals surface area contributed by atoms with E-state index in [0.29, 0.717) is 17.5 Å². The van der Waals surface area contributed by atoms with E-state index in [-0.39, 0.29) is 25.1 Å². The molecule has 1 saturated carbocycles. The molecule has 25 heavy (non-hydrogen) atoms. The van der Waals surface area contributed by atoms with Crippen molar-refractivity contribution in [3.05, 3.63) is 24.3 Å². The van der Waals surface area contributed by atoms with Crippen LogP contribution in [0.4, 0.5) is 10.5 Å². The van der Waals surface area contributed by atoms with Crippen molar-refractivity contribution in [2.45, 2.75) is 45.1 Å². The second-order valence-electron chi connectivity index (χ2n) is 6.01. The van der Waals surface area contributed by atoms with Gasteiger partial charge in [0.25, 0.3) is 0 Å². The molecule has 6 heteroatoms. The molecule has 1 fully saturated rings. The number of amides is 3. The molecule has 0 spiro atoms. The zero-order valence-corrected chi connectivity index (χ0v) is 14.6. The zero-order valence-electron chi connectivity index (χ0n) is 14.6. The van der Waals surface area contributed by atoms with Crippen LogP contribution in [0.15, 0.2) is 24.3 Å². The smallest absolute Gasteiger partial charge is 0.315 e. The van der Waals surface area contributed by atoms with E-state index >= 15 is 0 Å². The summed E-state index contributed by atoms with van der Waals surface area (Å²) < 4.78 is 5.50. The van der Waals surface area contributed by atoms with Crippen molar-refractivity contribution in [1.29, 1.82) is 0 Å². The Bertz CT molecular complexity index is 643. The van der Waals surface area contributed by atoms with Crippen LogP contribution in [0, 0.1) is 11.8 Å². The summed E-state index contributed by atoms with van der Waals surface area (Å²) in [6.07, 6.45) is 5.75. The molecule has 0 unspecified atom stereocenters. The maximum Gasteiger partial charge on any atom is 0.315 e. The summed E-state index contributed by atoms with van der Waals surface area (Å²) in [7, 11) is 0. The monoisotopic (exact) mass is 343 g/mol. The van der Waals surface area contributed by atoms with E-state index < -0.39 is 0 Å². The van der Waals surface area contributed by atoms with Crippen LogP contribution in [0.2, 0.25) is 0 Å². The summed E-state index contributed by atoms with van der Waals surface area (Å²) in [6, 6.07) is 7.24. The lowest BCUT2D eigenvalue weighted by Gasteiger charge is -2.22. The second-order valence-corrected chi connectivity index (χ2v) is 6.01. The first kappa shape index (κ1) is 18.7. The molecule has 0 saturated heterocycles. The number of anilines is 1. The quantitative estimate of drug-likeness (QED) is 0.719. The van der Waals surface area contributed by atoms with Crippen molar-refractivity contribution in [2.24, 2.45) is 0 Å². The number of ether oxygens (including phenoxy) is 1. The van der Waals surface area contributed by atoms with Crippen molar-refractivity contribution in [1.82, 2.24) is 10.6 Å². The Kier molecular flexibility index (Phi) is 7.64. The number of nitrogens with one attached hydrogen (secondary N) is 3. The van der Waals surface area contributed by atoms with Gasteiger partial charge in [-0.1, -0.05) is 37.2 Å². The highest BCUT2D eigenvalue weighted by atomic mass is 16.5. The normalized spacial score (nSPS) is 14.0. The maximum absolute atomic E-state index is 11.7. The zero-order chi connectivity index (χ0) is 17.9. The fourth-order valence-corrected chi connectivity index (χ4v) is 2.71. The van der Waals surface area contributed by atoms with Crippen molar-refractivity contribution >= 4 is 17.6 Å². The van der Waals surface area contributed by atoms with Crippen LogP contribution in [0.1, 0.15) is 39.0 Å². The molecule has 0 aromatic heterocycles. The predicted octanol–water partition coefficient (Wildman–Crippen LogP) is 2.66. The molecule has 3 N–H and O–H groups in total. The highest BCUT2D eigenvalue weighted by molar-refractivity contribution is 5.88. The van der Waals surface area contributed by atoms with Crippen LogP contribution in [-0.4, -0.2) is 31.1 Å². The highest BCUT2D eigenvalue weighted by Gasteiger charge is 2.14. The molecule has 2 rings (SSSR count). The Labute approximate surface area is 148 Å². The molecule has 0 aliphatic heterocycles. The number of benzene rings is 1. The van der Waals surface area contributed by atoms with E-state index in [4.69, 9.17) is 4.74 Å². The van der Waals surface area contributed by atoms with Crippen LogP contribution in [0.5, 0.6) is 5.75 Å². The number of hydrogen-bond acceptors (Lipinski definition) is 3. The van der Waals surface area contributed by atoms with Crippen molar-refractivity contribution in [3.63, 3.8) is 0 Å². The average Bonchev–Trinajstić information content (AvgIpc) is 2.58. The lowest BCUT2D eigenvalue weighted by atomic mass is 9.96. The first-order valence-corrected chi connectivity index (χ1v) is 8.64. The van der Waals surface area contributed by atoms with Crippen LogP contribution in [-0.2, 0) is 4.79 Å². The first-order chi connectivity index (χ1) is 12.1. The van der Waals surface area contributed by atoms with Gasteiger partial charge in [-0.25, -0.2) is 4.79 Å². The van der Waals surface area contributed by atoms with Gasteiger partial charge in [0.2, 0.25) is 5.91 Å². The van der Waals surface area contributed by atoms with Crippen LogP contribution < -0.4 is 20.7 Å². The molecule has 0 radical (unpaired) electrons. The van der Waals surface area contributed by atoms with Crippen molar-refractivity contribution < 1.29 is 14.3 Å². The van der Waals surface area contributed by atoms with Gasteiger partial charge in [-0.05, 0) is 25.0 Å². The fraction of sp³-hybridized carbons (Fsp3) is 0.474. The number of carbonyl (C=O) groups excluding carboxylic acids is 2. The molecule has 1 aromatic carbocycles. The molecule has 1 aromatic rings. The molecular formula is C19H25N3O3. The van der Waals surface area contributed by atoms with Gasteiger partial charge in [0.15, 0.2) is 0 Å². The van der Waals surface area contributed by atoms with Gasteiger partial charge in [0.1, 0.15) is 12.4 Å². The van der Waals surface area contributed by atoms with Crippen LogP contribution in [0.25, 0.3) is 0 Å². The Morgan fingerprint density at radius 3 is 2.76 bits per heavy atom. The van der Waals surface area contributed by atoms with Gasteiger partial charge in [-0.3, -0.25) is 4.79 Å². The molecule has 0 atom stereocenters. The Morgan fingerprint density at radius 2 is 2.00 bits per heavy atom. The largest absolute Gasteiger partial charge is 0.481 e. The Balaban J connectivity index is 1.63. The van der Waals surface area contributed by atoms with E-state index in [0.717, 1.165) is 12.8 Å². The molecule has 1 aliphatic carbocycles. The summed E-state index contributed by atoms with van der Waals surface area (Å²) in [5.74, 6) is 6.20. The van der Waals surface area contributed by atoms with Crippen LogP contribution in [0.3, 0.4) is 0 Å². The highest BCUT2D eigenvalue weighted by Crippen LogP contribution is 2.17. The number of rotatable bonds is 5. The predicted molar refractivity (Wildman–Crippen MR) is 97.4 cm³/mol. The number of carbonyl (C=O) groups is 2. The summed E-state index contributed by atoms with van der Waals surface area (Å²) in [4.78, 5) is 22.8. The van der Waals surface area contributed by atoms with E-state index in [1.807, 2.05) is 0 Å². The summed E-state index contributed by atoms with van der Waals surface area (Å²) in [5.41, 5.74) is 0.680. The van der Waals surface area contributed by atoms with Gasteiger partial charge >= 0.3 is 6.03 Å². The van der Waals surface area contributed by atoms with Gasteiger partial charge in [-0.15, -0.1) is 0 Å². The maximum atomic E-state index is 11.7. The summed E-state index contributed by atoms with van der Waals surface area (Å²) >= 11 is 0. The van der Waals surface area contributed by atoms with Gasteiger partial charge in [-0.2, -0.15) is 0 Å². The lowest BCUT2D eigenvalue weighted by molar-refractivity contribution is -0.114. The van der Waals surface area contributed by atoms with Gasteiger partial charge in [0, 0.05) is 24.7 Å². The van der Waals surface area contributed by atoms with E-state index in [2.05, 4.69) is 27.8 Å². The van der Waals surface area contributed by atoms with Crippen molar-refractivity contribution in [3.8, 4) is 17.6 Å². The molecule has 0 bridgehead atoms. The average molecular weight is 343 g/mol. The number of hydrogen-bond donors (Lipinski definition) is 3. The van der Waals surface area contributed by atoms with Gasteiger partial charge < -0.3 is 20.7 Å². The van der Waals surface area contributed by atoms with Crippen LogP contribution >= 0.6 is 0 Å². The Morgan fingerprint density at radius 1 is 1.20 bits per heavy atom. The standard InChI is InChI=1S/C19H25N3O3/c1-15(23)21-17-10-7-11-18(14-17)25-13-6-5-12-20-19(24)22-16-8-3-2-4-9-16/h7,10-11,14,16H,2-4,8-9,12-13H2,1H3,(H,21,23)(H2,20,22,24). The van der Waals surface area contributed by atoms with E-state index in [1.54, 1.807) is 24.3 Å². The molecule has 134 valence electrons. The Hall–Kier alpha value is -2.68. The molecular weight excluding hydrogens is 318 g/mol. The summed E-state index contributed by atoms with van der Waals surface area (Å²) in [5, 5.41) is 8.40. The third-order valence-electron chi connectivity index (χ3n) is 3.87. The molecule has 6 nitrogen and oxygen atoms in total. The third-order valence-corrected chi connectivity index (χ3v) is 3.87. The third kappa shape index (κ3) is 7.62. The first-order valence-electron chi connectivity index (χ1n) is 8.64. The minimum atomic E-state index is -0.162.